The Balaban J connectivity index is 2.57. The maximum Gasteiger partial charge on any atom is 0.330 e. The molecule has 5 heteroatoms. The SMILES string of the molecule is C=CC(=O)OCC1=C/C(=C/Br)SC1=O. The number of esters is 1. The van der Waals surface area contributed by atoms with Gasteiger partial charge >= 0.3 is 5.97 Å². The molecule has 0 saturated carbocycles. The fourth-order valence-corrected chi connectivity index (χ4v) is 1.92. The molecule has 3 nitrogen and oxygen atoms in total. The highest BCUT2D eigenvalue weighted by molar-refractivity contribution is 9.11. The normalized spacial score (nSPS) is 18.2. The molecule has 1 aliphatic heterocycles. The Labute approximate surface area is 94.0 Å². The molecular weight excluding hydrogens is 268 g/mol. The molecule has 74 valence electrons. The molecular formula is C9H7BrO3S. The predicted molar refractivity (Wildman–Crippen MR) is 58.8 cm³/mol. The van der Waals surface area contributed by atoms with E-state index in [2.05, 4.69) is 22.5 Å². The number of carbonyl (C=O) groups excluding carboxylic acids is 2. The van der Waals surface area contributed by atoms with E-state index < -0.39 is 5.97 Å². The second-order valence-electron chi connectivity index (χ2n) is 2.38. The molecule has 0 amide bonds. The molecule has 0 spiro atoms. The summed E-state index contributed by atoms with van der Waals surface area (Å²) in [4.78, 5) is 24.4. The van der Waals surface area contributed by atoms with E-state index in [0.29, 0.717) is 5.57 Å². The maximum atomic E-state index is 11.3. The molecule has 0 fully saturated rings. The highest BCUT2D eigenvalue weighted by atomic mass is 79.9. The Morgan fingerprint density at radius 1 is 1.71 bits per heavy atom. The minimum atomic E-state index is -0.528. The first-order valence-corrected chi connectivity index (χ1v) is 5.43. The number of halogens is 1. The molecule has 0 saturated heterocycles. The summed E-state index contributed by atoms with van der Waals surface area (Å²) in [5.74, 6) is -0.528. The first-order valence-electron chi connectivity index (χ1n) is 3.69. The number of rotatable bonds is 3. The van der Waals surface area contributed by atoms with Crippen molar-refractivity contribution in [3.05, 3.63) is 34.2 Å². The quantitative estimate of drug-likeness (QED) is 0.584. The van der Waals surface area contributed by atoms with Crippen LogP contribution in [0.2, 0.25) is 0 Å². The molecule has 1 rings (SSSR count). The van der Waals surface area contributed by atoms with Crippen molar-refractivity contribution >= 4 is 38.8 Å². The van der Waals surface area contributed by atoms with Crippen LogP contribution in [0.5, 0.6) is 0 Å². The summed E-state index contributed by atoms with van der Waals surface area (Å²) in [6.07, 6.45) is 2.74. The van der Waals surface area contributed by atoms with Crippen molar-refractivity contribution < 1.29 is 14.3 Å². The van der Waals surface area contributed by atoms with Crippen LogP contribution >= 0.6 is 27.7 Å². The molecule has 0 unspecified atom stereocenters. The van der Waals surface area contributed by atoms with Crippen molar-refractivity contribution in [1.82, 2.24) is 0 Å². The van der Waals surface area contributed by atoms with E-state index in [-0.39, 0.29) is 11.7 Å². The van der Waals surface area contributed by atoms with Gasteiger partial charge in [-0.1, -0.05) is 22.5 Å². The summed E-state index contributed by atoms with van der Waals surface area (Å²) < 4.78 is 4.74. The minimum absolute atomic E-state index is 0.00102. The Morgan fingerprint density at radius 2 is 2.43 bits per heavy atom. The van der Waals surface area contributed by atoms with Gasteiger partial charge in [-0.3, -0.25) is 4.79 Å². The summed E-state index contributed by atoms with van der Waals surface area (Å²) in [5, 5.41) is -0.0902. The molecule has 0 radical (unpaired) electrons. The average Bonchev–Trinajstić information content (AvgIpc) is 2.55. The lowest BCUT2D eigenvalue weighted by molar-refractivity contribution is -0.136. The summed E-state index contributed by atoms with van der Waals surface area (Å²) in [5.41, 5.74) is 0.482. The lowest BCUT2D eigenvalue weighted by Crippen LogP contribution is -2.06. The third kappa shape index (κ3) is 2.85. The molecule has 0 aromatic rings. The Hall–Kier alpha value is -0.810. The minimum Gasteiger partial charge on any atom is -0.457 e. The summed E-state index contributed by atoms with van der Waals surface area (Å²) in [6, 6.07) is 0. The largest absolute Gasteiger partial charge is 0.457 e. The molecule has 0 aliphatic carbocycles. The van der Waals surface area contributed by atoms with Crippen LogP contribution in [0.4, 0.5) is 0 Å². The monoisotopic (exact) mass is 274 g/mol. The third-order valence-corrected chi connectivity index (χ3v) is 3.15. The van der Waals surface area contributed by atoms with Crippen molar-refractivity contribution in [2.24, 2.45) is 0 Å². The third-order valence-electron chi connectivity index (χ3n) is 1.43. The van der Waals surface area contributed by atoms with Crippen molar-refractivity contribution in [2.45, 2.75) is 0 Å². The van der Waals surface area contributed by atoms with Crippen LogP contribution in [0.15, 0.2) is 34.2 Å². The van der Waals surface area contributed by atoms with Gasteiger partial charge < -0.3 is 4.74 Å². The molecule has 14 heavy (non-hydrogen) atoms. The van der Waals surface area contributed by atoms with Gasteiger partial charge in [0.05, 0.1) is 0 Å². The molecule has 0 aromatic heterocycles. The van der Waals surface area contributed by atoms with Crippen molar-refractivity contribution in [3.8, 4) is 0 Å². The molecule has 0 N–H and O–H groups in total. The molecule has 0 atom stereocenters. The van der Waals surface area contributed by atoms with Gasteiger partial charge in [0, 0.05) is 16.6 Å². The van der Waals surface area contributed by atoms with Gasteiger partial charge in [0.25, 0.3) is 0 Å². The van der Waals surface area contributed by atoms with E-state index in [1.54, 1.807) is 11.1 Å². The maximum absolute atomic E-state index is 11.3. The molecule has 0 aromatic carbocycles. The van der Waals surface area contributed by atoms with E-state index in [9.17, 15) is 9.59 Å². The van der Waals surface area contributed by atoms with Crippen molar-refractivity contribution in [2.75, 3.05) is 6.61 Å². The number of thioether (sulfide) groups is 1. The summed E-state index contributed by atoms with van der Waals surface area (Å²) in [6.45, 7) is 3.25. The molecule has 1 aliphatic rings. The van der Waals surface area contributed by atoms with Gasteiger partial charge in [-0.25, -0.2) is 4.79 Å². The number of allylic oxidation sites excluding steroid dienone is 1. The van der Waals surface area contributed by atoms with Crippen LogP contribution < -0.4 is 0 Å². The molecule has 1 heterocycles. The van der Waals surface area contributed by atoms with Crippen LogP contribution in [-0.4, -0.2) is 17.7 Å². The van der Waals surface area contributed by atoms with Gasteiger partial charge in [-0.15, -0.1) is 0 Å². The Morgan fingerprint density at radius 3 is 2.93 bits per heavy atom. The van der Waals surface area contributed by atoms with Gasteiger partial charge in [0.1, 0.15) is 6.61 Å². The van der Waals surface area contributed by atoms with Gasteiger partial charge in [0.2, 0.25) is 5.12 Å². The average molecular weight is 275 g/mol. The van der Waals surface area contributed by atoms with Crippen molar-refractivity contribution in [3.63, 3.8) is 0 Å². The zero-order chi connectivity index (χ0) is 10.6. The van der Waals surface area contributed by atoms with Crippen LogP contribution in [0, 0.1) is 0 Å². The highest BCUT2D eigenvalue weighted by Crippen LogP contribution is 2.31. The Bertz CT molecular complexity index is 344. The zero-order valence-corrected chi connectivity index (χ0v) is 9.56. The number of hydrogen-bond donors (Lipinski definition) is 0. The highest BCUT2D eigenvalue weighted by Gasteiger charge is 2.20. The summed E-state index contributed by atoms with van der Waals surface area (Å²) in [7, 11) is 0. The van der Waals surface area contributed by atoms with Crippen LogP contribution in [0.1, 0.15) is 0 Å². The number of hydrogen-bond acceptors (Lipinski definition) is 4. The van der Waals surface area contributed by atoms with Crippen molar-refractivity contribution in [1.29, 1.82) is 0 Å². The molecule has 0 bridgehead atoms. The Kier molecular flexibility index (Phi) is 4.16. The van der Waals surface area contributed by atoms with Crippen LogP contribution in [-0.2, 0) is 14.3 Å². The topological polar surface area (TPSA) is 43.4 Å². The second kappa shape index (κ2) is 5.17. The van der Waals surface area contributed by atoms with Gasteiger partial charge in [-0.2, -0.15) is 0 Å². The van der Waals surface area contributed by atoms with Crippen LogP contribution in [0.25, 0.3) is 0 Å². The van der Waals surface area contributed by atoms with E-state index in [0.717, 1.165) is 22.7 Å². The number of carbonyl (C=O) groups is 2. The summed E-state index contributed by atoms with van der Waals surface area (Å²) >= 11 is 4.22. The fraction of sp³-hybridized carbons (Fsp3) is 0.111. The predicted octanol–water partition coefficient (Wildman–Crippen LogP) is 2.15. The van der Waals surface area contributed by atoms with Crippen LogP contribution in [0.3, 0.4) is 0 Å². The first-order chi connectivity index (χ1) is 6.67. The van der Waals surface area contributed by atoms with Gasteiger partial charge in [0.15, 0.2) is 0 Å². The first kappa shape index (κ1) is 11.3. The van der Waals surface area contributed by atoms with Gasteiger partial charge in [-0.05, 0) is 22.8 Å². The standard InChI is InChI=1S/C9H7BrO3S/c1-2-8(11)13-5-6-3-7(4-10)14-9(6)12/h2-4H,1,5H2/b7-4-. The lowest BCUT2D eigenvalue weighted by atomic mass is 10.3. The smallest absolute Gasteiger partial charge is 0.330 e. The fourth-order valence-electron chi connectivity index (χ4n) is 0.795. The number of ether oxygens (including phenoxy) is 1. The van der Waals surface area contributed by atoms with E-state index in [1.807, 2.05) is 0 Å². The van der Waals surface area contributed by atoms with E-state index in [1.165, 1.54) is 0 Å². The second-order valence-corrected chi connectivity index (χ2v) is 3.89. The lowest BCUT2D eigenvalue weighted by Gasteiger charge is -1.99. The van der Waals surface area contributed by atoms with E-state index in [4.69, 9.17) is 4.74 Å². The zero-order valence-electron chi connectivity index (χ0n) is 7.16. The van der Waals surface area contributed by atoms with E-state index >= 15 is 0 Å².